The minimum absolute atomic E-state index is 0.743. The summed E-state index contributed by atoms with van der Waals surface area (Å²) in [5, 5.41) is 14.8. The van der Waals surface area contributed by atoms with Crippen molar-refractivity contribution in [2.45, 2.75) is 32.6 Å². The lowest BCUT2D eigenvalue weighted by atomic mass is 10.0. The normalized spacial score (nSPS) is 10.3. The van der Waals surface area contributed by atoms with Crippen LogP contribution >= 0.6 is 0 Å². The minimum Gasteiger partial charge on any atom is -0.385 e. The Morgan fingerprint density at radius 1 is 1.00 bits per heavy atom. The summed E-state index contributed by atoms with van der Waals surface area (Å²) in [6.07, 6.45) is 5.04. The van der Waals surface area contributed by atoms with Crippen LogP contribution in [0.25, 0.3) is 10.8 Å². The zero-order valence-corrected chi connectivity index (χ0v) is 11.4. The molecule has 0 amide bonds. The molecule has 0 fully saturated rings. The summed E-state index contributed by atoms with van der Waals surface area (Å²) in [7, 11) is 0. The van der Waals surface area contributed by atoms with Crippen molar-refractivity contribution in [3.63, 3.8) is 0 Å². The molecule has 19 heavy (non-hydrogen) atoms. The van der Waals surface area contributed by atoms with Gasteiger partial charge in [0.05, 0.1) is 11.6 Å². The molecule has 0 unspecified atom stereocenters. The topological polar surface area (TPSA) is 35.8 Å². The zero-order valence-electron chi connectivity index (χ0n) is 11.4. The molecule has 0 saturated carbocycles. The van der Waals surface area contributed by atoms with Gasteiger partial charge in [-0.2, -0.15) is 5.26 Å². The summed E-state index contributed by atoms with van der Waals surface area (Å²) in [6.45, 7) is 3.22. The molecule has 0 saturated heterocycles. The molecule has 0 aromatic heterocycles. The van der Waals surface area contributed by atoms with Gasteiger partial charge >= 0.3 is 0 Å². The zero-order chi connectivity index (χ0) is 13.5. The van der Waals surface area contributed by atoms with Crippen molar-refractivity contribution in [1.29, 1.82) is 5.26 Å². The Bertz CT molecular complexity index is 581. The molecular weight excluding hydrogens is 232 g/mol. The Kier molecular flexibility index (Phi) is 4.80. The van der Waals surface area contributed by atoms with E-state index < -0.39 is 0 Å². The second kappa shape index (κ2) is 6.80. The quantitative estimate of drug-likeness (QED) is 0.756. The summed E-state index contributed by atoms with van der Waals surface area (Å²) in [4.78, 5) is 0. The van der Waals surface area contributed by atoms with Crippen LogP contribution in [0, 0.1) is 11.3 Å². The third-order valence-electron chi connectivity index (χ3n) is 3.39. The van der Waals surface area contributed by atoms with Crippen LogP contribution in [-0.4, -0.2) is 6.54 Å². The highest BCUT2D eigenvalue weighted by atomic mass is 14.9. The second-order valence-electron chi connectivity index (χ2n) is 4.81. The molecule has 98 valence electrons. The lowest BCUT2D eigenvalue weighted by molar-refractivity contribution is 0.685. The van der Waals surface area contributed by atoms with Crippen molar-refractivity contribution >= 4 is 16.5 Å². The monoisotopic (exact) mass is 252 g/mol. The summed E-state index contributed by atoms with van der Waals surface area (Å²) in [5.74, 6) is 0. The number of nitriles is 1. The van der Waals surface area contributed by atoms with Gasteiger partial charge in [-0.15, -0.1) is 0 Å². The lowest BCUT2D eigenvalue weighted by Gasteiger charge is -2.10. The fraction of sp³-hybridized carbons (Fsp3) is 0.353. The predicted molar refractivity (Wildman–Crippen MR) is 81.3 cm³/mol. The third kappa shape index (κ3) is 3.26. The molecule has 0 atom stereocenters. The maximum atomic E-state index is 9.13. The standard InChI is InChI=1S/C17H20N2/c1-2-3-4-7-12-19-17-11-10-14(13-18)15-8-5-6-9-16(15)17/h5-6,8-11,19H,2-4,7,12H2,1H3. The van der Waals surface area contributed by atoms with E-state index in [4.69, 9.17) is 5.26 Å². The van der Waals surface area contributed by atoms with Crippen molar-refractivity contribution in [1.82, 2.24) is 0 Å². The predicted octanol–water partition coefficient (Wildman–Crippen LogP) is 4.70. The first kappa shape index (κ1) is 13.4. The summed E-state index contributed by atoms with van der Waals surface area (Å²) in [6, 6.07) is 14.3. The number of unbranched alkanes of at least 4 members (excludes halogenated alkanes) is 3. The molecule has 0 heterocycles. The van der Waals surface area contributed by atoms with Gasteiger partial charge in [0.2, 0.25) is 0 Å². The third-order valence-corrected chi connectivity index (χ3v) is 3.39. The first-order valence-electron chi connectivity index (χ1n) is 7.02. The highest BCUT2D eigenvalue weighted by Crippen LogP contribution is 2.26. The van der Waals surface area contributed by atoms with E-state index in [2.05, 4.69) is 24.4 Å². The Morgan fingerprint density at radius 3 is 2.53 bits per heavy atom. The van der Waals surface area contributed by atoms with Crippen molar-refractivity contribution in [3.8, 4) is 6.07 Å². The van der Waals surface area contributed by atoms with Crippen LogP contribution in [0.15, 0.2) is 36.4 Å². The Morgan fingerprint density at radius 2 is 1.79 bits per heavy atom. The number of rotatable bonds is 6. The van der Waals surface area contributed by atoms with E-state index in [0.29, 0.717) is 0 Å². The van der Waals surface area contributed by atoms with Crippen molar-refractivity contribution in [2.75, 3.05) is 11.9 Å². The average molecular weight is 252 g/mol. The SMILES string of the molecule is CCCCCCNc1ccc(C#N)c2ccccc12. The first-order valence-corrected chi connectivity index (χ1v) is 7.02. The van der Waals surface area contributed by atoms with Crippen LogP contribution in [0.3, 0.4) is 0 Å². The largest absolute Gasteiger partial charge is 0.385 e. The second-order valence-corrected chi connectivity index (χ2v) is 4.81. The molecule has 1 N–H and O–H groups in total. The van der Waals surface area contributed by atoms with Gasteiger partial charge in [-0.05, 0) is 18.6 Å². The van der Waals surface area contributed by atoms with Crippen molar-refractivity contribution in [2.24, 2.45) is 0 Å². The molecule has 0 radical (unpaired) electrons. The molecule has 0 bridgehead atoms. The van der Waals surface area contributed by atoms with E-state index in [-0.39, 0.29) is 0 Å². The van der Waals surface area contributed by atoms with Gasteiger partial charge < -0.3 is 5.32 Å². The van der Waals surface area contributed by atoms with Gasteiger partial charge in [0.25, 0.3) is 0 Å². The Hall–Kier alpha value is -2.01. The maximum absolute atomic E-state index is 9.13. The highest BCUT2D eigenvalue weighted by Gasteiger charge is 2.04. The first-order chi connectivity index (χ1) is 9.36. The van der Waals surface area contributed by atoms with E-state index in [0.717, 1.165) is 28.6 Å². The maximum Gasteiger partial charge on any atom is 0.0998 e. The smallest absolute Gasteiger partial charge is 0.0998 e. The van der Waals surface area contributed by atoms with Gasteiger partial charge in [-0.3, -0.25) is 0 Å². The molecule has 0 spiro atoms. The molecule has 2 aromatic carbocycles. The number of fused-ring (bicyclic) bond motifs is 1. The van der Waals surface area contributed by atoms with E-state index in [1.54, 1.807) is 0 Å². The van der Waals surface area contributed by atoms with Gasteiger partial charge in [-0.1, -0.05) is 50.5 Å². The lowest BCUT2D eigenvalue weighted by Crippen LogP contribution is -2.02. The van der Waals surface area contributed by atoms with Gasteiger partial charge in [0, 0.05) is 23.0 Å². The van der Waals surface area contributed by atoms with Gasteiger partial charge in [-0.25, -0.2) is 0 Å². The van der Waals surface area contributed by atoms with Gasteiger partial charge in [0.1, 0.15) is 0 Å². The number of nitrogens with zero attached hydrogens (tertiary/aromatic N) is 1. The van der Waals surface area contributed by atoms with Crippen LogP contribution < -0.4 is 5.32 Å². The molecule has 2 aromatic rings. The van der Waals surface area contributed by atoms with Crippen LogP contribution in [0.2, 0.25) is 0 Å². The molecule has 0 aliphatic heterocycles. The number of anilines is 1. The number of hydrogen-bond acceptors (Lipinski definition) is 2. The fourth-order valence-corrected chi connectivity index (χ4v) is 2.33. The molecule has 0 aliphatic rings. The number of hydrogen-bond donors (Lipinski definition) is 1. The average Bonchev–Trinajstić information content (AvgIpc) is 2.47. The van der Waals surface area contributed by atoms with Crippen LogP contribution in [-0.2, 0) is 0 Å². The van der Waals surface area contributed by atoms with Crippen LogP contribution in [0.5, 0.6) is 0 Å². The highest BCUT2D eigenvalue weighted by molar-refractivity contribution is 5.97. The van der Waals surface area contributed by atoms with Crippen molar-refractivity contribution < 1.29 is 0 Å². The van der Waals surface area contributed by atoms with E-state index in [9.17, 15) is 0 Å². The van der Waals surface area contributed by atoms with Gasteiger partial charge in [0.15, 0.2) is 0 Å². The Balaban J connectivity index is 2.14. The summed E-state index contributed by atoms with van der Waals surface area (Å²) < 4.78 is 0. The molecule has 2 nitrogen and oxygen atoms in total. The fourth-order valence-electron chi connectivity index (χ4n) is 2.33. The summed E-state index contributed by atoms with van der Waals surface area (Å²) >= 11 is 0. The van der Waals surface area contributed by atoms with E-state index in [1.165, 1.54) is 25.7 Å². The Labute approximate surface area is 115 Å². The van der Waals surface area contributed by atoms with E-state index >= 15 is 0 Å². The molecule has 0 aliphatic carbocycles. The number of nitrogens with one attached hydrogen (secondary N) is 1. The molecule has 2 heteroatoms. The van der Waals surface area contributed by atoms with Crippen LogP contribution in [0.1, 0.15) is 38.2 Å². The van der Waals surface area contributed by atoms with E-state index in [1.807, 2.05) is 30.3 Å². The minimum atomic E-state index is 0.743. The van der Waals surface area contributed by atoms with Crippen LogP contribution in [0.4, 0.5) is 5.69 Å². The summed E-state index contributed by atoms with van der Waals surface area (Å²) in [5.41, 5.74) is 1.87. The number of benzene rings is 2. The van der Waals surface area contributed by atoms with Crippen molar-refractivity contribution in [3.05, 3.63) is 42.0 Å². The molecule has 2 rings (SSSR count). The molecular formula is C17H20N2.